The average molecular weight is 258 g/mol. The molecule has 3 heteroatoms. The van der Waals surface area contributed by atoms with Crippen molar-refractivity contribution < 1.29 is 14.2 Å². The zero-order valence-corrected chi connectivity index (χ0v) is 12.6. The average Bonchev–Trinajstić information content (AvgIpc) is 2.38. The molecule has 0 saturated carbocycles. The third kappa shape index (κ3) is 4.52. The zero-order valence-electron chi connectivity index (χ0n) is 12.6. The summed E-state index contributed by atoms with van der Waals surface area (Å²) in [7, 11) is 0. The van der Waals surface area contributed by atoms with Gasteiger partial charge in [0, 0.05) is 18.4 Å². The topological polar surface area (TPSA) is 27.7 Å². The lowest BCUT2D eigenvalue weighted by atomic mass is 9.86. The molecule has 0 unspecified atom stereocenters. The summed E-state index contributed by atoms with van der Waals surface area (Å²) in [4.78, 5) is 0. The normalized spacial score (nSPS) is 32.7. The van der Waals surface area contributed by atoms with Gasteiger partial charge in [0.2, 0.25) is 0 Å². The molecule has 0 aromatic heterocycles. The first kappa shape index (κ1) is 15.9. The van der Waals surface area contributed by atoms with Crippen LogP contribution in [-0.4, -0.2) is 32.2 Å². The van der Waals surface area contributed by atoms with Crippen LogP contribution in [0.15, 0.2) is 0 Å². The quantitative estimate of drug-likeness (QED) is 0.620. The SMILES string of the molecule is CCCCOCC1(CC)COC(C)(CCC)OC1. The van der Waals surface area contributed by atoms with E-state index in [-0.39, 0.29) is 11.2 Å². The van der Waals surface area contributed by atoms with Crippen molar-refractivity contribution in [2.24, 2.45) is 5.41 Å². The molecule has 0 aromatic carbocycles. The van der Waals surface area contributed by atoms with Gasteiger partial charge in [-0.15, -0.1) is 0 Å². The molecule has 3 nitrogen and oxygen atoms in total. The van der Waals surface area contributed by atoms with Crippen molar-refractivity contribution in [2.45, 2.75) is 65.6 Å². The van der Waals surface area contributed by atoms with E-state index < -0.39 is 0 Å². The highest BCUT2D eigenvalue weighted by molar-refractivity contribution is 4.83. The predicted molar refractivity (Wildman–Crippen MR) is 73.7 cm³/mol. The molecule has 108 valence electrons. The summed E-state index contributed by atoms with van der Waals surface area (Å²) in [6.45, 7) is 11.7. The van der Waals surface area contributed by atoms with Crippen LogP contribution in [-0.2, 0) is 14.2 Å². The minimum atomic E-state index is -0.378. The van der Waals surface area contributed by atoms with E-state index in [2.05, 4.69) is 20.8 Å². The lowest BCUT2D eigenvalue weighted by Crippen LogP contribution is -2.49. The van der Waals surface area contributed by atoms with Crippen molar-refractivity contribution in [3.8, 4) is 0 Å². The second-order valence-electron chi connectivity index (χ2n) is 5.72. The third-order valence-electron chi connectivity index (χ3n) is 3.87. The van der Waals surface area contributed by atoms with Crippen molar-refractivity contribution in [1.82, 2.24) is 0 Å². The molecular formula is C15H30O3. The van der Waals surface area contributed by atoms with Crippen LogP contribution in [0.1, 0.15) is 59.8 Å². The molecule has 1 fully saturated rings. The van der Waals surface area contributed by atoms with Crippen LogP contribution in [0, 0.1) is 5.41 Å². The Morgan fingerprint density at radius 1 is 1.06 bits per heavy atom. The van der Waals surface area contributed by atoms with Gasteiger partial charge < -0.3 is 14.2 Å². The van der Waals surface area contributed by atoms with Crippen LogP contribution < -0.4 is 0 Å². The molecule has 0 aliphatic carbocycles. The summed E-state index contributed by atoms with van der Waals surface area (Å²) < 4.78 is 17.7. The maximum atomic E-state index is 5.97. The molecule has 1 aliphatic heterocycles. The van der Waals surface area contributed by atoms with E-state index in [4.69, 9.17) is 14.2 Å². The third-order valence-corrected chi connectivity index (χ3v) is 3.87. The minimum absolute atomic E-state index is 0.0565. The molecule has 1 aliphatic rings. The summed E-state index contributed by atoms with van der Waals surface area (Å²) >= 11 is 0. The van der Waals surface area contributed by atoms with Gasteiger partial charge in [0.15, 0.2) is 5.79 Å². The fraction of sp³-hybridized carbons (Fsp3) is 1.00. The van der Waals surface area contributed by atoms with Crippen LogP contribution in [0.5, 0.6) is 0 Å². The van der Waals surface area contributed by atoms with Crippen LogP contribution in [0.3, 0.4) is 0 Å². The van der Waals surface area contributed by atoms with Crippen LogP contribution in [0.2, 0.25) is 0 Å². The molecule has 1 heterocycles. The van der Waals surface area contributed by atoms with Gasteiger partial charge >= 0.3 is 0 Å². The molecule has 0 amide bonds. The van der Waals surface area contributed by atoms with Gasteiger partial charge in [-0.25, -0.2) is 0 Å². The second-order valence-corrected chi connectivity index (χ2v) is 5.72. The molecule has 0 aromatic rings. The van der Waals surface area contributed by atoms with E-state index in [0.29, 0.717) is 0 Å². The summed E-state index contributed by atoms with van der Waals surface area (Å²) in [5, 5.41) is 0. The molecule has 0 spiro atoms. The standard InChI is InChI=1S/C15H30O3/c1-5-8-10-16-11-15(7-3)12-17-14(4,9-6-2)18-13-15/h5-13H2,1-4H3. The van der Waals surface area contributed by atoms with E-state index in [0.717, 1.165) is 52.1 Å². The molecule has 0 atom stereocenters. The van der Waals surface area contributed by atoms with Crippen LogP contribution in [0.25, 0.3) is 0 Å². The zero-order chi connectivity index (χ0) is 13.5. The van der Waals surface area contributed by atoms with E-state index >= 15 is 0 Å². The number of ether oxygens (including phenoxy) is 3. The minimum Gasteiger partial charge on any atom is -0.381 e. The Kier molecular flexibility index (Phi) is 6.61. The smallest absolute Gasteiger partial charge is 0.165 e. The maximum Gasteiger partial charge on any atom is 0.165 e. The van der Waals surface area contributed by atoms with Crippen molar-refractivity contribution in [2.75, 3.05) is 26.4 Å². The van der Waals surface area contributed by atoms with Gasteiger partial charge in [-0.05, 0) is 19.8 Å². The number of hydrogen-bond acceptors (Lipinski definition) is 3. The molecular weight excluding hydrogens is 228 g/mol. The first-order valence-electron chi connectivity index (χ1n) is 7.45. The Balaban J connectivity index is 2.39. The molecule has 1 rings (SSSR count). The highest BCUT2D eigenvalue weighted by atomic mass is 16.7. The van der Waals surface area contributed by atoms with Gasteiger partial charge in [0.1, 0.15) is 0 Å². The fourth-order valence-electron chi connectivity index (χ4n) is 2.22. The molecule has 18 heavy (non-hydrogen) atoms. The summed E-state index contributed by atoms with van der Waals surface area (Å²) in [6.07, 6.45) is 5.41. The largest absolute Gasteiger partial charge is 0.381 e. The molecule has 0 radical (unpaired) electrons. The number of hydrogen-bond donors (Lipinski definition) is 0. The van der Waals surface area contributed by atoms with E-state index in [1.165, 1.54) is 6.42 Å². The lowest BCUT2D eigenvalue weighted by molar-refractivity contribution is -0.304. The Morgan fingerprint density at radius 2 is 1.72 bits per heavy atom. The van der Waals surface area contributed by atoms with Gasteiger partial charge in [0.25, 0.3) is 0 Å². The summed E-state index contributed by atoms with van der Waals surface area (Å²) in [6, 6.07) is 0. The molecule has 0 N–H and O–H groups in total. The van der Waals surface area contributed by atoms with Crippen molar-refractivity contribution in [3.63, 3.8) is 0 Å². The Bertz CT molecular complexity index is 220. The van der Waals surface area contributed by atoms with Crippen LogP contribution >= 0.6 is 0 Å². The van der Waals surface area contributed by atoms with Gasteiger partial charge in [0.05, 0.1) is 19.8 Å². The number of rotatable bonds is 8. The second kappa shape index (κ2) is 7.46. The lowest BCUT2D eigenvalue weighted by Gasteiger charge is -2.44. The Hall–Kier alpha value is -0.120. The summed E-state index contributed by atoms with van der Waals surface area (Å²) in [5.41, 5.74) is 0.0565. The first-order chi connectivity index (χ1) is 8.60. The van der Waals surface area contributed by atoms with Gasteiger partial charge in [-0.3, -0.25) is 0 Å². The molecule has 1 saturated heterocycles. The molecule has 0 bridgehead atoms. The summed E-state index contributed by atoms with van der Waals surface area (Å²) in [5.74, 6) is -0.378. The predicted octanol–water partition coefficient (Wildman–Crippen LogP) is 3.76. The number of unbranched alkanes of at least 4 members (excludes halogenated alkanes) is 1. The fourth-order valence-corrected chi connectivity index (χ4v) is 2.22. The van der Waals surface area contributed by atoms with Crippen LogP contribution in [0.4, 0.5) is 0 Å². The van der Waals surface area contributed by atoms with E-state index in [1.807, 2.05) is 6.92 Å². The van der Waals surface area contributed by atoms with Gasteiger partial charge in [-0.1, -0.05) is 33.6 Å². The van der Waals surface area contributed by atoms with Gasteiger partial charge in [-0.2, -0.15) is 0 Å². The maximum absolute atomic E-state index is 5.97. The highest BCUT2D eigenvalue weighted by Gasteiger charge is 2.40. The Morgan fingerprint density at radius 3 is 2.22 bits per heavy atom. The van der Waals surface area contributed by atoms with Crippen molar-refractivity contribution in [1.29, 1.82) is 0 Å². The first-order valence-corrected chi connectivity index (χ1v) is 7.45. The monoisotopic (exact) mass is 258 g/mol. The van der Waals surface area contributed by atoms with E-state index in [9.17, 15) is 0 Å². The Labute approximate surface area is 112 Å². The van der Waals surface area contributed by atoms with Crippen molar-refractivity contribution in [3.05, 3.63) is 0 Å². The van der Waals surface area contributed by atoms with E-state index in [1.54, 1.807) is 0 Å². The highest BCUT2D eigenvalue weighted by Crippen LogP contribution is 2.35. The van der Waals surface area contributed by atoms with Crippen molar-refractivity contribution >= 4 is 0 Å².